The van der Waals surface area contributed by atoms with Gasteiger partial charge in [0.2, 0.25) is 0 Å². The predicted molar refractivity (Wildman–Crippen MR) is 56.7 cm³/mol. The Morgan fingerprint density at radius 1 is 1.20 bits per heavy atom. The smallest absolute Gasteiger partial charge is 0.170 e. The van der Waals surface area contributed by atoms with Crippen molar-refractivity contribution in [2.75, 3.05) is 14.2 Å². The number of ether oxygens (including phenoxy) is 2. The fourth-order valence-electron chi connectivity index (χ4n) is 1.31. The van der Waals surface area contributed by atoms with Gasteiger partial charge in [-0.25, -0.2) is 4.39 Å². The summed E-state index contributed by atoms with van der Waals surface area (Å²) in [4.78, 5) is 0. The largest absolute Gasteiger partial charge is 0.497 e. The molecule has 3 nitrogen and oxygen atoms in total. The van der Waals surface area contributed by atoms with Gasteiger partial charge in [-0.05, 0) is 19.9 Å². The van der Waals surface area contributed by atoms with Crippen LogP contribution < -0.4 is 15.2 Å². The topological polar surface area (TPSA) is 44.5 Å². The van der Waals surface area contributed by atoms with Crippen LogP contribution in [0.4, 0.5) is 4.39 Å². The number of methoxy groups -OCH3 is 2. The fraction of sp³-hybridized carbons (Fsp3) is 0.455. The molecule has 0 heterocycles. The molecular formula is C11H16FNO2. The van der Waals surface area contributed by atoms with E-state index in [-0.39, 0.29) is 5.75 Å². The van der Waals surface area contributed by atoms with Gasteiger partial charge in [-0.1, -0.05) is 0 Å². The SMILES string of the molecule is COc1cc(OC)c(F)c(C(C)(C)N)c1. The molecule has 0 aliphatic heterocycles. The van der Waals surface area contributed by atoms with Gasteiger partial charge in [0.15, 0.2) is 11.6 Å². The summed E-state index contributed by atoms with van der Waals surface area (Å²) in [7, 11) is 2.92. The van der Waals surface area contributed by atoms with Crippen molar-refractivity contribution < 1.29 is 13.9 Å². The summed E-state index contributed by atoms with van der Waals surface area (Å²) in [6.07, 6.45) is 0. The standard InChI is InChI=1S/C11H16FNO2/c1-11(2,13)8-5-7(14-3)6-9(15-4)10(8)12/h5-6H,13H2,1-4H3. The molecule has 0 fully saturated rings. The lowest BCUT2D eigenvalue weighted by Crippen LogP contribution is -2.30. The average molecular weight is 213 g/mol. The second-order valence-electron chi connectivity index (χ2n) is 3.91. The van der Waals surface area contributed by atoms with Crippen LogP contribution in [0.5, 0.6) is 11.5 Å². The molecule has 2 N–H and O–H groups in total. The summed E-state index contributed by atoms with van der Waals surface area (Å²) in [6, 6.07) is 3.07. The van der Waals surface area contributed by atoms with Crippen molar-refractivity contribution >= 4 is 0 Å². The summed E-state index contributed by atoms with van der Waals surface area (Å²) >= 11 is 0. The third-order valence-corrected chi connectivity index (χ3v) is 2.16. The lowest BCUT2D eigenvalue weighted by molar-refractivity contribution is 0.363. The lowest BCUT2D eigenvalue weighted by Gasteiger charge is -2.21. The first-order valence-corrected chi connectivity index (χ1v) is 4.61. The predicted octanol–water partition coefficient (Wildman–Crippen LogP) is 2.04. The van der Waals surface area contributed by atoms with E-state index in [2.05, 4.69) is 0 Å². The molecule has 0 aromatic heterocycles. The van der Waals surface area contributed by atoms with Gasteiger partial charge >= 0.3 is 0 Å². The van der Waals surface area contributed by atoms with Gasteiger partial charge in [0, 0.05) is 17.2 Å². The molecule has 4 heteroatoms. The van der Waals surface area contributed by atoms with Gasteiger partial charge in [-0.2, -0.15) is 0 Å². The summed E-state index contributed by atoms with van der Waals surface area (Å²) < 4.78 is 23.8. The normalized spacial score (nSPS) is 11.3. The van der Waals surface area contributed by atoms with Crippen molar-refractivity contribution in [1.29, 1.82) is 0 Å². The van der Waals surface area contributed by atoms with Crippen molar-refractivity contribution in [3.63, 3.8) is 0 Å². The molecule has 0 saturated carbocycles. The van der Waals surface area contributed by atoms with Crippen LogP contribution in [0.2, 0.25) is 0 Å². The Morgan fingerprint density at radius 3 is 2.20 bits per heavy atom. The molecule has 0 radical (unpaired) electrons. The van der Waals surface area contributed by atoms with Crippen molar-refractivity contribution in [2.45, 2.75) is 19.4 Å². The first kappa shape index (κ1) is 11.8. The van der Waals surface area contributed by atoms with Crippen molar-refractivity contribution in [2.24, 2.45) is 5.73 Å². The van der Waals surface area contributed by atoms with Gasteiger partial charge < -0.3 is 15.2 Å². The summed E-state index contributed by atoms with van der Waals surface area (Å²) in [6.45, 7) is 3.45. The average Bonchev–Trinajstić information content (AvgIpc) is 2.16. The van der Waals surface area contributed by atoms with Crippen LogP contribution in [0, 0.1) is 5.82 Å². The van der Waals surface area contributed by atoms with E-state index in [0.717, 1.165) is 0 Å². The maximum Gasteiger partial charge on any atom is 0.170 e. The van der Waals surface area contributed by atoms with Crippen LogP contribution in [0.25, 0.3) is 0 Å². The Labute approximate surface area is 89.0 Å². The maximum absolute atomic E-state index is 13.8. The van der Waals surface area contributed by atoms with Gasteiger partial charge in [0.1, 0.15) is 5.75 Å². The van der Waals surface area contributed by atoms with E-state index in [0.29, 0.717) is 11.3 Å². The monoisotopic (exact) mass is 213 g/mol. The van der Waals surface area contributed by atoms with Crippen molar-refractivity contribution in [3.8, 4) is 11.5 Å². The van der Waals surface area contributed by atoms with Crippen LogP contribution in [-0.4, -0.2) is 14.2 Å². The molecule has 0 spiro atoms. The van der Waals surface area contributed by atoms with Crippen LogP contribution in [0.1, 0.15) is 19.4 Å². The van der Waals surface area contributed by atoms with E-state index in [1.54, 1.807) is 19.9 Å². The van der Waals surface area contributed by atoms with Crippen LogP contribution in [0.3, 0.4) is 0 Å². The molecule has 0 unspecified atom stereocenters. The van der Waals surface area contributed by atoms with Crippen molar-refractivity contribution in [1.82, 2.24) is 0 Å². The Morgan fingerprint density at radius 2 is 1.80 bits per heavy atom. The molecule has 0 saturated heterocycles. The fourth-order valence-corrected chi connectivity index (χ4v) is 1.31. The number of hydrogen-bond donors (Lipinski definition) is 1. The lowest BCUT2D eigenvalue weighted by atomic mass is 9.94. The molecule has 1 aromatic carbocycles. The second-order valence-corrected chi connectivity index (χ2v) is 3.91. The summed E-state index contributed by atoms with van der Waals surface area (Å²) in [5, 5.41) is 0. The van der Waals surface area contributed by atoms with E-state index in [9.17, 15) is 4.39 Å². The van der Waals surface area contributed by atoms with Crippen LogP contribution in [-0.2, 0) is 5.54 Å². The minimum Gasteiger partial charge on any atom is -0.497 e. The highest BCUT2D eigenvalue weighted by atomic mass is 19.1. The number of hydrogen-bond acceptors (Lipinski definition) is 3. The summed E-state index contributed by atoms with van der Waals surface area (Å²) in [5.41, 5.74) is 5.46. The molecule has 0 amide bonds. The molecule has 15 heavy (non-hydrogen) atoms. The third kappa shape index (κ3) is 2.39. The van der Waals surface area contributed by atoms with Gasteiger partial charge in [-0.15, -0.1) is 0 Å². The third-order valence-electron chi connectivity index (χ3n) is 2.16. The van der Waals surface area contributed by atoms with E-state index in [4.69, 9.17) is 15.2 Å². The molecule has 0 bridgehead atoms. The number of nitrogens with two attached hydrogens (primary N) is 1. The summed E-state index contributed by atoms with van der Waals surface area (Å²) in [5.74, 6) is 0.232. The van der Waals surface area contributed by atoms with Crippen molar-refractivity contribution in [3.05, 3.63) is 23.5 Å². The molecule has 0 aliphatic rings. The first-order chi connectivity index (χ1) is 6.90. The van der Waals surface area contributed by atoms with E-state index >= 15 is 0 Å². The van der Waals surface area contributed by atoms with Crippen LogP contribution in [0.15, 0.2) is 12.1 Å². The zero-order valence-corrected chi connectivity index (χ0v) is 9.43. The number of benzene rings is 1. The van der Waals surface area contributed by atoms with Gasteiger partial charge in [-0.3, -0.25) is 0 Å². The minimum absolute atomic E-state index is 0.142. The Bertz CT molecular complexity index is 358. The molecule has 84 valence electrons. The molecular weight excluding hydrogens is 197 g/mol. The van der Waals surface area contributed by atoms with E-state index in [1.807, 2.05) is 0 Å². The van der Waals surface area contributed by atoms with Gasteiger partial charge in [0.25, 0.3) is 0 Å². The highest BCUT2D eigenvalue weighted by Gasteiger charge is 2.23. The minimum atomic E-state index is -0.772. The Kier molecular flexibility index (Phi) is 3.19. The molecule has 1 rings (SSSR count). The first-order valence-electron chi connectivity index (χ1n) is 4.61. The highest BCUT2D eigenvalue weighted by Crippen LogP contribution is 2.32. The molecule has 0 atom stereocenters. The van der Waals surface area contributed by atoms with E-state index < -0.39 is 11.4 Å². The zero-order chi connectivity index (χ0) is 11.6. The molecule has 0 aliphatic carbocycles. The Hall–Kier alpha value is -1.29. The number of rotatable bonds is 3. The number of halogens is 1. The second kappa shape index (κ2) is 4.06. The maximum atomic E-state index is 13.8. The van der Waals surface area contributed by atoms with E-state index in [1.165, 1.54) is 20.3 Å². The zero-order valence-electron chi connectivity index (χ0n) is 9.43. The molecule has 1 aromatic rings. The van der Waals surface area contributed by atoms with Gasteiger partial charge in [0.05, 0.1) is 14.2 Å². The highest BCUT2D eigenvalue weighted by molar-refractivity contribution is 5.42. The van der Waals surface area contributed by atoms with Crippen LogP contribution >= 0.6 is 0 Å². The Balaban J connectivity index is 3.37. The quantitative estimate of drug-likeness (QED) is 0.835.